The second kappa shape index (κ2) is 11.2. The van der Waals surface area contributed by atoms with E-state index >= 15 is 0 Å². The third-order valence-electron chi connectivity index (χ3n) is 5.63. The number of hydrogen-bond acceptors (Lipinski definition) is 3. The van der Waals surface area contributed by atoms with Gasteiger partial charge < -0.3 is 20.6 Å². The summed E-state index contributed by atoms with van der Waals surface area (Å²) in [7, 11) is 4.12. The molecule has 2 rings (SSSR count). The molecule has 0 radical (unpaired) electrons. The van der Waals surface area contributed by atoms with Gasteiger partial charge in [-0.05, 0) is 55.7 Å². The van der Waals surface area contributed by atoms with Gasteiger partial charge in [0.1, 0.15) is 0 Å². The van der Waals surface area contributed by atoms with E-state index in [9.17, 15) is 5.11 Å². The Kier molecular flexibility index (Phi) is 8.92. The maximum Gasteiger partial charge on any atom is 0.191 e. The first kappa shape index (κ1) is 21.5. The fraction of sp³-hybridized carbons (Fsp3) is 0.682. The summed E-state index contributed by atoms with van der Waals surface area (Å²) in [6.45, 7) is 4.89. The normalized spacial score (nSPS) is 16.8. The van der Waals surface area contributed by atoms with Crippen LogP contribution in [0.15, 0.2) is 29.3 Å². The van der Waals surface area contributed by atoms with Crippen LogP contribution in [0.4, 0.5) is 5.69 Å². The molecule has 5 nitrogen and oxygen atoms in total. The topological polar surface area (TPSA) is 59.9 Å². The molecule has 1 aliphatic rings. The maximum absolute atomic E-state index is 9.49. The van der Waals surface area contributed by atoms with Crippen molar-refractivity contribution in [3.05, 3.63) is 29.8 Å². The second-order valence-electron chi connectivity index (χ2n) is 7.97. The van der Waals surface area contributed by atoms with Crippen molar-refractivity contribution in [3.63, 3.8) is 0 Å². The number of anilines is 1. The minimum Gasteiger partial charge on any atom is -0.396 e. The van der Waals surface area contributed by atoms with E-state index in [-0.39, 0.29) is 12.0 Å². The van der Waals surface area contributed by atoms with Crippen LogP contribution < -0.4 is 15.5 Å². The minimum atomic E-state index is 0.192. The Morgan fingerprint density at radius 3 is 2.41 bits per heavy atom. The number of aliphatic hydroxyl groups excluding tert-OH is 1. The molecule has 0 bridgehead atoms. The van der Waals surface area contributed by atoms with Crippen LogP contribution in [0.2, 0.25) is 0 Å². The smallest absolute Gasteiger partial charge is 0.191 e. The zero-order valence-electron chi connectivity index (χ0n) is 17.4. The van der Waals surface area contributed by atoms with Gasteiger partial charge >= 0.3 is 0 Å². The Morgan fingerprint density at radius 1 is 1.11 bits per heavy atom. The van der Waals surface area contributed by atoms with Crippen LogP contribution in [-0.4, -0.2) is 51.4 Å². The van der Waals surface area contributed by atoms with Gasteiger partial charge in [0.15, 0.2) is 5.96 Å². The van der Waals surface area contributed by atoms with Gasteiger partial charge in [-0.1, -0.05) is 31.4 Å². The summed E-state index contributed by atoms with van der Waals surface area (Å²) in [5.74, 6) is 0.894. The Labute approximate surface area is 165 Å². The van der Waals surface area contributed by atoms with Gasteiger partial charge in [-0.25, -0.2) is 0 Å². The van der Waals surface area contributed by atoms with Crippen molar-refractivity contribution in [2.45, 2.75) is 51.9 Å². The first-order chi connectivity index (χ1) is 13.1. The molecule has 1 aromatic rings. The number of aliphatic hydroxyl groups is 1. The number of hydrogen-bond donors (Lipinski definition) is 3. The minimum absolute atomic E-state index is 0.192. The molecule has 0 spiro atoms. The lowest BCUT2D eigenvalue weighted by Crippen LogP contribution is -2.40. The molecule has 0 heterocycles. The quantitative estimate of drug-likeness (QED) is 0.459. The average molecular weight is 375 g/mol. The predicted octanol–water partition coefficient (Wildman–Crippen LogP) is 3.18. The highest BCUT2D eigenvalue weighted by Crippen LogP contribution is 2.39. The third kappa shape index (κ3) is 7.06. The first-order valence-corrected chi connectivity index (χ1v) is 10.5. The SMILES string of the molecule is CCNC(=NCC1(CCO)CCCCC1)NCCc1ccc(N(C)C)cc1. The molecule has 3 N–H and O–H groups in total. The van der Waals surface area contributed by atoms with Crippen molar-refractivity contribution in [1.82, 2.24) is 10.6 Å². The van der Waals surface area contributed by atoms with E-state index in [1.54, 1.807) is 0 Å². The summed E-state index contributed by atoms with van der Waals surface area (Å²) in [5, 5.41) is 16.3. The fourth-order valence-corrected chi connectivity index (χ4v) is 3.90. The first-order valence-electron chi connectivity index (χ1n) is 10.5. The number of guanidine groups is 1. The average Bonchev–Trinajstić information content (AvgIpc) is 2.67. The zero-order valence-corrected chi connectivity index (χ0v) is 17.4. The van der Waals surface area contributed by atoms with E-state index in [0.29, 0.717) is 0 Å². The lowest BCUT2D eigenvalue weighted by Gasteiger charge is -2.35. The number of rotatable bonds is 9. The van der Waals surface area contributed by atoms with E-state index in [1.807, 2.05) is 0 Å². The van der Waals surface area contributed by atoms with Crippen LogP contribution in [-0.2, 0) is 6.42 Å². The van der Waals surface area contributed by atoms with E-state index < -0.39 is 0 Å². The second-order valence-corrected chi connectivity index (χ2v) is 7.97. The monoisotopic (exact) mass is 374 g/mol. The molecule has 0 saturated heterocycles. The van der Waals surface area contributed by atoms with Gasteiger partial charge in [-0.15, -0.1) is 0 Å². The highest BCUT2D eigenvalue weighted by Gasteiger charge is 2.31. The molecular formula is C22H38N4O. The van der Waals surface area contributed by atoms with Crippen LogP contribution in [0, 0.1) is 5.41 Å². The Bertz CT molecular complexity index is 557. The molecule has 0 amide bonds. The van der Waals surface area contributed by atoms with Crippen molar-refractivity contribution in [2.24, 2.45) is 10.4 Å². The van der Waals surface area contributed by atoms with E-state index in [4.69, 9.17) is 4.99 Å². The lowest BCUT2D eigenvalue weighted by atomic mass is 9.72. The maximum atomic E-state index is 9.49. The molecule has 152 valence electrons. The van der Waals surface area contributed by atoms with E-state index in [1.165, 1.54) is 43.4 Å². The molecule has 0 aliphatic heterocycles. The van der Waals surface area contributed by atoms with Gasteiger partial charge in [0.2, 0.25) is 0 Å². The molecule has 1 aromatic carbocycles. The van der Waals surface area contributed by atoms with Crippen LogP contribution in [0.25, 0.3) is 0 Å². The van der Waals surface area contributed by atoms with E-state index in [0.717, 1.165) is 38.4 Å². The Balaban J connectivity index is 1.88. The van der Waals surface area contributed by atoms with E-state index in [2.05, 4.69) is 60.8 Å². The molecule has 1 fully saturated rings. The van der Waals surface area contributed by atoms with Crippen molar-refractivity contribution in [2.75, 3.05) is 45.2 Å². The fourth-order valence-electron chi connectivity index (χ4n) is 3.90. The highest BCUT2D eigenvalue weighted by atomic mass is 16.3. The summed E-state index contributed by atoms with van der Waals surface area (Å²) in [4.78, 5) is 6.99. The number of benzene rings is 1. The molecule has 27 heavy (non-hydrogen) atoms. The number of aliphatic imine (C=N–C) groups is 1. The van der Waals surface area contributed by atoms with Crippen LogP contribution in [0.3, 0.4) is 0 Å². The molecule has 1 saturated carbocycles. The van der Waals surface area contributed by atoms with Gasteiger partial charge in [-0.3, -0.25) is 4.99 Å². The summed E-state index contributed by atoms with van der Waals surface area (Å²) in [6.07, 6.45) is 8.07. The molecule has 1 aliphatic carbocycles. The van der Waals surface area contributed by atoms with Gasteiger partial charge in [-0.2, -0.15) is 0 Å². The summed E-state index contributed by atoms with van der Waals surface area (Å²) in [6, 6.07) is 8.71. The summed E-state index contributed by atoms with van der Waals surface area (Å²) < 4.78 is 0. The van der Waals surface area contributed by atoms with Crippen molar-refractivity contribution < 1.29 is 5.11 Å². The molecular weight excluding hydrogens is 336 g/mol. The zero-order chi connectivity index (χ0) is 19.5. The lowest BCUT2D eigenvalue weighted by molar-refractivity contribution is 0.137. The van der Waals surface area contributed by atoms with Crippen molar-refractivity contribution in [1.29, 1.82) is 0 Å². The molecule has 0 aromatic heterocycles. The Hall–Kier alpha value is -1.75. The molecule has 0 unspecified atom stereocenters. The standard InChI is InChI=1S/C22H38N4O/c1-4-23-21(25-18-22(15-17-27)13-6-5-7-14-22)24-16-12-19-8-10-20(11-9-19)26(2)3/h8-11,27H,4-7,12-18H2,1-3H3,(H2,23,24,25). The molecule has 5 heteroatoms. The van der Waals surface area contributed by atoms with Gasteiger partial charge in [0, 0.05) is 46.0 Å². The predicted molar refractivity (Wildman–Crippen MR) is 116 cm³/mol. The van der Waals surface area contributed by atoms with Crippen molar-refractivity contribution >= 4 is 11.6 Å². The highest BCUT2D eigenvalue weighted by molar-refractivity contribution is 5.79. The molecule has 0 atom stereocenters. The Morgan fingerprint density at radius 2 is 1.81 bits per heavy atom. The van der Waals surface area contributed by atoms with Crippen LogP contribution >= 0.6 is 0 Å². The van der Waals surface area contributed by atoms with Gasteiger partial charge in [0.25, 0.3) is 0 Å². The van der Waals surface area contributed by atoms with Crippen LogP contribution in [0.1, 0.15) is 51.0 Å². The third-order valence-corrected chi connectivity index (χ3v) is 5.63. The van der Waals surface area contributed by atoms with Crippen molar-refractivity contribution in [3.8, 4) is 0 Å². The number of nitrogens with one attached hydrogen (secondary N) is 2. The largest absolute Gasteiger partial charge is 0.396 e. The number of nitrogens with zero attached hydrogens (tertiary/aromatic N) is 2. The van der Waals surface area contributed by atoms with Crippen LogP contribution in [0.5, 0.6) is 0 Å². The summed E-state index contributed by atoms with van der Waals surface area (Å²) in [5.41, 5.74) is 2.74. The van der Waals surface area contributed by atoms with Gasteiger partial charge in [0.05, 0.1) is 0 Å². The summed E-state index contributed by atoms with van der Waals surface area (Å²) >= 11 is 0.